The lowest BCUT2D eigenvalue weighted by molar-refractivity contribution is -0.145. The molecular formula is C12H11NO5. The van der Waals surface area contributed by atoms with Crippen LogP contribution in [0.3, 0.4) is 0 Å². The highest BCUT2D eigenvalue weighted by atomic mass is 16.6. The number of amides is 2. The molecule has 0 spiro atoms. The highest BCUT2D eigenvalue weighted by Gasteiger charge is 2.42. The monoisotopic (exact) mass is 249 g/mol. The normalized spacial score (nSPS) is 18.6. The van der Waals surface area contributed by atoms with E-state index in [0.29, 0.717) is 10.5 Å². The first-order valence-corrected chi connectivity index (χ1v) is 5.35. The van der Waals surface area contributed by atoms with Crippen LogP contribution < -0.4 is 0 Å². The summed E-state index contributed by atoms with van der Waals surface area (Å²) >= 11 is 0. The molecule has 1 aromatic rings. The molecule has 0 unspecified atom stereocenters. The number of carbonyl (C=O) groups excluding carboxylic acids is 2. The molecule has 6 heteroatoms. The van der Waals surface area contributed by atoms with Crippen LogP contribution in [-0.4, -0.2) is 40.6 Å². The number of carboxylic acids is 1. The lowest BCUT2D eigenvalue weighted by atomic mass is 10.1. The van der Waals surface area contributed by atoms with Crippen LogP contribution in [0.15, 0.2) is 30.3 Å². The topological polar surface area (TPSA) is 83.9 Å². The van der Waals surface area contributed by atoms with E-state index in [4.69, 9.17) is 5.11 Å². The molecule has 1 N–H and O–H groups in total. The molecule has 94 valence electrons. The maximum Gasteiger partial charge on any atom is 0.417 e. The lowest BCUT2D eigenvalue weighted by Crippen LogP contribution is -2.44. The number of carbonyl (C=O) groups is 3. The Labute approximate surface area is 103 Å². The van der Waals surface area contributed by atoms with Gasteiger partial charge in [0, 0.05) is 0 Å². The molecule has 18 heavy (non-hydrogen) atoms. The van der Waals surface area contributed by atoms with Gasteiger partial charge in [-0.25, -0.2) is 14.5 Å². The zero-order valence-electron chi connectivity index (χ0n) is 9.41. The number of nitrogens with zero attached hydrogens (tertiary/aromatic N) is 1. The van der Waals surface area contributed by atoms with Crippen molar-refractivity contribution in [3.05, 3.63) is 35.9 Å². The third-order valence-corrected chi connectivity index (χ3v) is 2.62. The maximum atomic E-state index is 11.9. The van der Waals surface area contributed by atoms with Crippen molar-refractivity contribution in [2.24, 2.45) is 0 Å². The van der Waals surface area contributed by atoms with Crippen molar-refractivity contribution < 1.29 is 24.2 Å². The molecular weight excluding hydrogens is 238 g/mol. The van der Waals surface area contributed by atoms with Gasteiger partial charge in [-0.1, -0.05) is 30.3 Å². The van der Waals surface area contributed by atoms with Gasteiger partial charge in [-0.05, 0) is 5.56 Å². The number of hydrogen-bond acceptors (Lipinski definition) is 4. The Morgan fingerprint density at radius 1 is 1.33 bits per heavy atom. The second kappa shape index (κ2) is 4.87. The van der Waals surface area contributed by atoms with Crippen molar-refractivity contribution in [2.75, 3.05) is 6.61 Å². The smallest absolute Gasteiger partial charge is 0.417 e. The molecule has 1 aliphatic rings. The second-order valence-corrected chi connectivity index (χ2v) is 3.86. The first-order chi connectivity index (χ1) is 8.59. The van der Waals surface area contributed by atoms with E-state index in [2.05, 4.69) is 4.74 Å². The summed E-state index contributed by atoms with van der Waals surface area (Å²) in [7, 11) is 0. The zero-order chi connectivity index (χ0) is 13.1. The van der Waals surface area contributed by atoms with Crippen molar-refractivity contribution in [2.45, 2.75) is 12.5 Å². The molecule has 1 saturated heterocycles. The summed E-state index contributed by atoms with van der Waals surface area (Å²) in [5.41, 5.74) is 0.714. The minimum absolute atomic E-state index is 0.0281. The van der Waals surface area contributed by atoms with E-state index in [9.17, 15) is 14.4 Å². The van der Waals surface area contributed by atoms with Crippen molar-refractivity contribution in [1.29, 1.82) is 0 Å². The molecule has 0 radical (unpaired) electrons. The van der Waals surface area contributed by atoms with E-state index in [1.807, 2.05) is 0 Å². The van der Waals surface area contributed by atoms with Gasteiger partial charge in [0.2, 0.25) is 5.91 Å². The van der Waals surface area contributed by atoms with Gasteiger partial charge in [-0.3, -0.25) is 4.79 Å². The number of cyclic esters (lactones) is 1. The van der Waals surface area contributed by atoms with Crippen LogP contribution in [-0.2, 0) is 20.7 Å². The molecule has 0 bridgehead atoms. The first-order valence-electron chi connectivity index (χ1n) is 5.35. The van der Waals surface area contributed by atoms with Crippen molar-refractivity contribution in [3.8, 4) is 0 Å². The van der Waals surface area contributed by atoms with Gasteiger partial charge in [0.05, 0.1) is 6.42 Å². The van der Waals surface area contributed by atoms with Crippen molar-refractivity contribution in [3.63, 3.8) is 0 Å². The number of imide groups is 1. The van der Waals surface area contributed by atoms with Crippen molar-refractivity contribution in [1.82, 2.24) is 4.90 Å². The van der Waals surface area contributed by atoms with Crippen LogP contribution in [0.4, 0.5) is 4.79 Å². The molecule has 1 aromatic carbocycles. The summed E-state index contributed by atoms with van der Waals surface area (Å²) in [6, 6.07) is 7.57. The van der Waals surface area contributed by atoms with E-state index in [0.717, 1.165) is 0 Å². The Morgan fingerprint density at radius 2 is 2.00 bits per heavy atom. The predicted molar refractivity (Wildman–Crippen MR) is 59.8 cm³/mol. The van der Waals surface area contributed by atoms with Gasteiger partial charge in [-0.15, -0.1) is 0 Å². The molecule has 0 aromatic heterocycles. The fourth-order valence-corrected chi connectivity index (χ4v) is 1.73. The summed E-state index contributed by atoms with van der Waals surface area (Å²) in [6.07, 6.45) is -0.928. The Kier molecular flexibility index (Phi) is 3.27. The van der Waals surface area contributed by atoms with Crippen LogP contribution in [0.2, 0.25) is 0 Å². The maximum absolute atomic E-state index is 11.9. The number of benzene rings is 1. The van der Waals surface area contributed by atoms with Crippen LogP contribution in [0.1, 0.15) is 5.56 Å². The van der Waals surface area contributed by atoms with Gasteiger partial charge < -0.3 is 9.84 Å². The van der Waals surface area contributed by atoms with Crippen molar-refractivity contribution >= 4 is 18.0 Å². The zero-order valence-corrected chi connectivity index (χ0v) is 9.41. The van der Waals surface area contributed by atoms with E-state index in [1.165, 1.54) is 0 Å². The summed E-state index contributed by atoms with van der Waals surface area (Å²) < 4.78 is 4.58. The Bertz CT molecular complexity index is 485. The fraction of sp³-hybridized carbons (Fsp3) is 0.250. The molecule has 0 aliphatic carbocycles. The van der Waals surface area contributed by atoms with E-state index in [1.54, 1.807) is 30.3 Å². The molecule has 6 nitrogen and oxygen atoms in total. The average molecular weight is 249 g/mol. The molecule has 1 heterocycles. The van der Waals surface area contributed by atoms with Gasteiger partial charge in [0.1, 0.15) is 6.61 Å². The molecule has 2 amide bonds. The third kappa shape index (κ3) is 2.32. The summed E-state index contributed by atoms with van der Waals surface area (Å²) in [5, 5.41) is 8.89. The molecule has 2 rings (SSSR count). The number of hydrogen-bond donors (Lipinski definition) is 1. The molecule has 1 aliphatic heterocycles. The Morgan fingerprint density at radius 3 is 2.61 bits per heavy atom. The predicted octanol–water partition coefficient (Wildman–Crippen LogP) is 0.661. The van der Waals surface area contributed by atoms with Crippen LogP contribution >= 0.6 is 0 Å². The van der Waals surface area contributed by atoms with E-state index in [-0.39, 0.29) is 13.0 Å². The SMILES string of the molecule is O=C(O)[C@@H]1COC(=O)N1C(=O)Cc1ccccc1. The average Bonchev–Trinajstić information content (AvgIpc) is 2.72. The fourth-order valence-electron chi connectivity index (χ4n) is 1.73. The standard InChI is InChI=1S/C12H11NO5/c14-10(6-8-4-2-1-3-5-8)13-9(11(15)16)7-18-12(13)17/h1-5,9H,6-7H2,(H,15,16)/t9-/m0/s1. The molecule has 1 atom stereocenters. The first kappa shape index (κ1) is 12.1. The highest BCUT2D eigenvalue weighted by molar-refractivity contribution is 5.99. The summed E-state index contributed by atoms with van der Waals surface area (Å²) in [6.45, 7) is -0.297. The number of rotatable bonds is 3. The van der Waals surface area contributed by atoms with Gasteiger partial charge in [0.15, 0.2) is 6.04 Å². The Balaban J connectivity index is 2.12. The van der Waals surface area contributed by atoms with Gasteiger partial charge in [0.25, 0.3) is 0 Å². The van der Waals surface area contributed by atoms with E-state index >= 15 is 0 Å². The second-order valence-electron chi connectivity index (χ2n) is 3.86. The van der Waals surface area contributed by atoms with Crippen LogP contribution in [0.25, 0.3) is 0 Å². The largest absolute Gasteiger partial charge is 0.480 e. The van der Waals surface area contributed by atoms with Crippen LogP contribution in [0, 0.1) is 0 Å². The molecule has 1 fully saturated rings. The lowest BCUT2D eigenvalue weighted by Gasteiger charge is -2.15. The van der Waals surface area contributed by atoms with E-state index < -0.39 is 24.0 Å². The van der Waals surface area contributed by atoms with Gasteiger partial charge in [-0.2, -0.15) is 0 Å². The number of ether oxygens (including phenoxy) is 1. The summed E-state index contributed by atoms with van der Waals surface area (Å²) in [4.78, 5) is 34.8. The number of carboxylic acid groups (broad SMARTS) is 1. The number of aliphatic carboxylic acids is 1. The van der Waals surface area contributed by atoms with Crippen LogP contribution in [0.5, 0.6) is 0 Å². The van der Waals surface area contributed by atoms with Gasteiger partial charge >= 0.3 is 12.1 Å². The quantitative estimate of drug-likeness (QED) is 0.850. The summed E-state index contributed by atoms with van der Waals surface area (Å²) in [5.74, 6) is -1.82. The molecule has 0 saturated carbocycles. The third-order valence-electron chi connectivity index (χ3n) is 2.62. The minimum Gasteiger partial charge on any atom is -0.480 e. The minimum atomic E-state index is -1.25. The highest BCUT2D eigenvalue weighted by Crippen LogP contribution is 2.15. The Hall–Kier alpha value is -2.37.